The molecule has 5 nitrogen and oxygen atoms in total. The lowest BCUT2D eigenvalue weighted by molar-refractivity contribution is -0.138. The molecule has 0 unspecified atom stereocenters. The second kappa shape index (κ2) is 9.07. The molecule has 0 spiro atoms. The number of benzene rings is 1. The van der Waals surface area contributed by atoms with Crippen molar-refractivity contribution in [1.82, 2.24) is 4.57 Å². The molecule has 0 bridgehead atoms. The second-order valence-electron chi connectivity index (χ2n) is 8.95. The molecular formula is C22H33NO4. The Bertz CT molecular complexity index is 761. The number of aromatic nitrogens is 1. The topological polar surface area (TPSA) is 57.5 Å². The zero-order chi connectivity index (χ0) is 20.8. The summed E-state index contributed by atoms with van der Waals surface area (Å²) in [5, 5.41) is 1.13. The van der Waals surface area contributed by atoms with E-state index in [4.69, 9.17) is 4.74 Å². The minimum Gasteiger partial charge on any atom is -0.462 e. The van der Waals surface area contributed by atoms with Crippen LogP contribution in [-0.4, -0.2) is 28.3 Å². The van der Waals surface area contributed by atoms with Crippen molar-refractivity contribution >= 4 is 23.5 Å². The minimum absolute atomic E-state index is 0.316. The Labute approximate surface area is 162 Å². The van der Waals surface area contributed by atoms with Crippen LogP contribution in [0.1, 0.15) is 61.0 Å². The highest BCUT2D eigenvalue weighted by Crippen LogP contribution is 2.24. The number of ether oxygens (including phenoxy) is 2. The van der Waals surface area contributed by atoms with Crippen LogP contribution in [0.25, 0.3) is 10.9 Å². The van der Waals surface area contributed by atoms with Gasteiger partial charge in [0.15, 0.2) is 0 Å². The van der Waals surface area contributed by atoms with Gasteiger partial charge in [-0.2, -0.15) is 0 Å². The highest BCUT2D eigenvalue weighted by atomic mass is 16.6. The molecule has 0 aliphatic rings. The van der Waals surface area contributed by atoms with E-state index in [1.54, 1.807) is 4.57 Å². The van der Waals surface area contributed by atoms with Crippen LogP contribution in [0.3, 0.4) is 0 Å². The third kappa shape index (κ3) is 7.85. The van der Waals surface area contributed by atoms with Gasteiger partial charge < -0.3 is 9.47 Å². The summed E-state index contributed by atoms with van der Waals surface area (Å²) in [5.41, 5.74) is 1.31. The van der Waals surface area contributed by atoms with Gasteiger partial charge >= 0.3 is 6.09 Å². The van der Waals surface area contributed by atoms with Crippen molar-refractivity contribution in [3.05, 3.63) is 36.0 Å². The molecule has 0 aliphatic carbocycles. The van der Waals surface area contributed by atoms with E-state index < -0.39 is 5.60 Å². The average molecular weight is 376 g/mol. The Morgan fingerprint density at radius 1 is 1.07 bits per heavy atom. The fraction of sp³-hybridized carbons (Fsp3) is 0.545. The van der Waals surface area contributed by atoms with Gasteiger partial charge in [0.2, 0.25) is 0 Å². The normalized spacial score (nSPS) is 11.7. The van der Waals surface area contributed by atoms with E-state index in [1.165, 1.54) is 5.56 Å². The van der Waals surface area contributed by atoms with Crippen LogP contribution in [0.4, 0.5) is 4.79 Å². The first-order valence-electron chi connectivity index (χ1n) is 9.28. The lowest BCUT2D eigenvalue weighted by Crippen LogP contribution is -2.26. The summed E-state index contributed by atoms with van der Waals surface area (Å²) in [4.78, 5) is 21.9. The Morgan fingerprint density at radius 2 is 1.67 bits per heavy atom. The van der Waals surface area contributed by atoms with Crippen LogP contribution < -0.4 is 0 Å². The standard InChI is InChI=1S/C17H23NO2.C5H10O2/c1-12(2)10-13-11-18(16(19)20-17(3,4)5)15-9-7-6-8-14(13)15;1-5(2,3)7-4-6/h6-9,11-12H,10H2,1-5H3;4H,1-3H3. The molecule has 1 aromatic heterocycles. The molecule has 27 heavy (non-hydrogen) atoms. The van der Waals surface area contributed by atoms with Gasteiger partial charge in [0, 0.05) is 11.6 Å². The van der Waals surface area contributed by atoms with E-state index >= 15 is 0 Å². The predicted octanol–water partition coefficient (Wildman–Crippen LogP) is 5.58. The lowest BCUT2D eigenvalue weighted by Gasteiger charge is -2.19. The van der Waals surface area contributed by atoms with Crippen LogP contribution >= 0.6 is 0 Å². The zero-order valence-electron chi connectivity index (χ0n) is 17.8. The van der Waals surface area contributed by atoms with Gasteiger partial charge in [-0.25, -0.2) is 4.79 Å². The number of nitrogens with zero attached hydrogens (tertiary/aromatic N) is 1. The number of rotatable bonds is 3. The van der Waals surface area contributed by atoms with E-state index in [0.717, 1.165) is 17.3 Å². The SMILES string of the molecule is CC(C)(C)OC=O.CC(C)Cc1cn(C(=O)OC(C)(C)C)c2ccccc12. The Balaban J connectivity index is 0.000000445. The molecule has 0 saturated heterocycles. The summed E-state index contributed by atoms with van der Waals surface area (Å²) >= 11 is 0. The van der Waals surface area contributed by atoms with Gasteiger partial charge in [0.1, 0.15) is 11.2 Å². The molecule has 0 radical (unpaired) electrons. The zero-order valence-corrected chi connectivity index (χ0v) is 17.8. The fourth-order valence-corrected chi connectivity index (χ4v) is 2.46. The van der Waals surface area contributed by atoms with Crippen LogP contribution in [0.5, 0.6) is 0 Å². The number of hydrogen-bond acceptors (Lipinski definition) is 4. The molecule has 1 heterocycles. The van der Waals surface area contributed by atoms with E-state index in [1.807, 2.05) is 65.9 Å². The summed E-state index contributed by atoms with van der Waals surface area (Å²) in [6.45, 7) is 15.9. The van der Waals surface area contributed by atoms with Gasteiger partial charge in [-0.1, -0.05) is 32.0 Å². The third-order valence-corrected chi connectivity index (χ3v) is 3.41. The average Bonchev–Trinajstić information content (AvgIpc) is 2.83. The maximum Gasteiger partial charge on any atom is 0.419 e. The molecule has 150 valence electrons. The van der Waals surface area contributed by atoms with Crippen molar-refractivity contribution in [2.75, 3.05) is 0 Å². The Kier molecular flexibility index (Phi) is 7.64. The molecule has 2 aromatic rings. The third-order valence-electron chi connectivity index (χ3n) is 3.41. The smallest absolute Gasteiger partial charge is 0.419 e. The molecular weight excluding hydrogens is 342 g/mol. The van der Waals surface area contributed by atoms with E-state index in [-0.39, 0.29) is 11.7 Å². The predicted molar refractivity (Wildman–Crippen MR) is 109 cm³/mol. The molecule has 1 aromatic carbocycles. The maximum atomic E-state index is 12.3. The first-order chi connectivity index (χ1) is 12.3. The number of carbonyl (C=O) groups excluding carboxylic acids is 2. The van der Waals surface area contributed by atoms with Gasteiger partial charge in [0.05, 0.1) is 5.52 Å². The van der Waals surface area contributed by atoms with Crippen molar-refractivity contribution in [1.29, 1.82) is 0 Å². The Hall–Kier alpha value is -2.30. The summed E-state index contributed by atoms with van der Waals surface area (Å²) in [6.07, 6.45) is 2.55. The van der Waals surface area contributed by atoms with Gasteiger partial charge in [0.25, 0.3) is 6.47 Å². The Morgan fingerprint density at radius 3 is 2.11 bits per heavy atom. The number of fused-ring (bicyclic) bond motifs is 1. The summed E-state index contributed by atoms with van der Waals surface area (Å²) in [7, 11) is 0. The van der Waals surface area contributed by atoms with Gasteiger partial charge in [-0.15, -0.1) is 0 Å². The molecule has 0 fully saturated rings. The summed E-state index contributed by atoms with van der Waals surface area (Å²) in [5.74, 6) is 0.549. The largest absolute Gasteiger partial charge is 0.462 e. The van der Waals surface area contributed by atoms with E-state index in [0.29, 0.717) is 12.4 Å². The minimum atomic E-state index is -0.485. The fourth-order valence-electron chi connectivity index (χ4n) is 2.46. The molecule has 0 N–H and O–H groups in total. The quantitative estimate of drug-likeness (QED) is 0.657. The van der Waals surface area contributed by atoms with Gasteiger partial charge in [-0.05, 0) is 65.5 Å². The van der Waals surface area contributed by atoms with E-state index in [9.17, 15) is 9.59 Å². The van der Waals surface area contributed by atoms with Crippen LogP contribution in [-0.2, 0) is 20.7 Å². The number of para-hydroxylation sites is 1. The molecule has 0 amide bonds. The lowest BCUT2D eigenvalue weighted by atomic mass is 10.0. The van der Waals surface area contributed by atoms with Crippen LogP contribution in [0.15, 0.2) is 30.5 Å². The first-order valence-corrected chi connectivity index (χ1v) is 9.28. The highest BCUT2D eigenvalue weighted by molar-refractivity contribution is 5.92. The van der Waals surface area contributed by atoms with Crippen molar-refractivity contribution in [2.24, 2.45) is 5.92 Å². The molecule has 5 heteroatoms. The summed E-state index contributed by atoms with van der Waals surface area (Å²) < 4.78 is 11.6. The van der Waals surface area contributed by atoms with Crippen molar-refractivity contribution < 1.29 is 19.1 Å². The maximum absolute atomic E-state index is 12.3. The van der Waals surface area contributed by atoms with Crippen molar-refractivity contribution in [2.45, 2.75) is 73.0 Å². The molecule has 2 rings (SSSR count). The molecule has 0 aliphatic heterocycles. The van der Waals surface area contributed by atoms with Crippen molar-refractivity contribution in [3.63, 3.8) is 0 Å². The number of hydrogen-bond donors (Lipinski definition) is 0. The highest BCUT2D eigenvalue weighted by Gasteiger charge is 2.20. The van der Waals surface area contributed by atoms with Gasteiger partial charge in [-0.3, -0.25) is 9.36 Å². The molecule has 0 atom stereocenters. The second-order valence-corrected chi connectivity index (χ2v) is 8.95. The van der Waals surface area contributed by atoms with Crippen LogP contribution in [0.2, 0.25) is 0 Å². The first kappa shape index (κ1) is 22.7. The van der Waals surface area contributed by atoms with Crippen LogP contribution in [0, 0.1) is 5.92 Å². The monoisotopic (exact) mass is 375 g/mol. The number of carbonyl (C=O) groups is 2. The summed E-state index contributed by atoms with van der Waals surface area (Å²) in [6, 6.07) is 7.98. The van der Waals surface area contributed by atoms with Crippen molar-refractivity contribution in [3.8, 4) is 0 Å². The van der Waals surface area contributed by atoms with E-state index in [2.05, 4.69) is 24.7 Å². The molecule has 0 saturated carbocycles.